The Morgan fingerprint density at radius 1 is 1.58 bits per heavy atom. The summed E-state index contributed by atoms with van der Waals surface area (Å²) in [7, 11) is 0. The molecule has 1 heterocycles. The van der Waals surface area contributed by atoms with Gasteiger partial charge in [0.1, 0.15) is 5.82 Å². The lowest BCUT2D eigenvalue weighted by atomic mass is 9.96. The van der Waals surface area contributed by atoms with Crippen LogP contribution in [0, 0.1) is 11.3 Å². The van der Waals surface area contributed by atoms with Gasteiger partial charge in [0.2, 0.25) is 5.91 Å². The van der Waals surface area contributed by atoms with Gasteiger partial charge in [-0.3, -0.25) is 4.79 Å². The number of hydrogen-bond acceptors (Lipinski definition) is 3. The topological polar surface area (TPSA) is 69.2 Å². The molecule has 0 spiro atoms. The molecule has 0 bridgehead atoms. The Kier molecular flexibility index (Phi) is 4.24. The standard InChI is InChI=1S/C14H23N3O2/c1-3-14(4-2)9-11(14)13(19)17(7-8-18)10-12-15-5-6-16-12/h5-6,11,18H,3-4,7-10H2,1-2H3,(H,15,16). The summed E-state index contributed by atoms with van der Waals surface area (Å²) < 4.78 is 0. The summed E-state index contributed by atoms with van der Waals surface area (Å²) in [6.07, 6.45) is 6.51. The normalized spacial score (nSPS) is 20.3. The summed E-state index contributed by atoms with van der Waals surface area (Å²) in [5.41, 5.74) is 0.202. The predicted octanol–water partition coefficient (Wildman–Crippen LogP) is 1.56. The van der Waals surface area contributed by atoms with Gasteiger partial charge in [0.05, 0.1) is 13.2 Å². The van der Waals surface area contributed by atoms with Crippen molar-refractivity contribution < 1.29 is 9.90 Å². The fraction of sp³-hybridized carbons (Fsp3) is 0.714. The monoisotopic (exact) mass is 265 g/mol. The average Bonchev–Trinajstić information content (AvgIpc) is 2.95. The maximum atomic E-state index is 12.5. The van der Waals surface area contributed by atoms with Crippen molar-refractivity contribution in [3.05, 3.63) is 18.2 Å². The highest BCUT2D eigenvalue weighted by Gasteiger charge is 2.56. The smallest absolute Gasteiger partial charge is 0.226 e. The number of hydrogen-bond donors (Lipinski definition) is 2. The molecule has 0 aliphatic heterocycles. The molecule has 0 saturated heterocycles. The van der Waals surface area contributed by atoms with Crippen molar-refractivity contribution in [2.24, 2.45) is 11.3 Å². The number of aliphatic hydroxyl groups is 1. The largest absolute Gasteiger partial charge is 0.395 e. The van der Waals surface area contributed by atoms with Gasteiger partial charge in [-0.2, -0.15) is 0 Å². The first-order valence-electron chi connectivity index (χ1n) is 7.04. The first-order chi connectivity index (χ1) is 9.16. The van der Waals surface area contributed by atoms with Gasteiger partial charge in [0.25, 0.3) is 0 Å². The number of imidazole rings is 1. The Hall–Kier alpha value is -1.36. The van der Waals surface area contributed by atoms with Gasteiger partial charge in [-0.25, -0.2) is 4.98 Å². The maximum Gasteiger partial charge on any atom is 0.226 e. The van der Waals surface area contributed by atoms with Crippen LogP contribution >= 0.6 is 0 Å². The van der Waals surface area contributed by atoms with Crippen LogP contribution in [0.4, 0.5) is 0 Å². The van der Waals surface area contributed by atoms with E-state index in [9.17, 15) is 4.79 Å². The molecule has 2 rings (SSSR count). The molecular formula is C14H23N3O2. The van der Waals surface area contributed by atoms with Crippen LogP contribution in [0.15, 0.2) is 12.4 Å². The fourth-order valence-electron chi connectivity index (χ4n) is 2.90. The van der Waals surface area contributed by atoms with Crippen LogP contribution in [-0.2, 0) is 11.3 Å². The van der Waals surface area contributed by atoms with E-state index in [2.05, 4.69) is 23.8 Å². The molecule has 1 amide bonds. The van der Waals surface area contributed by atoms with E-state index in [0.717, 1.165) is 25.1 Å². The third-order valence-electron chi connectivity index (χ3n) is 4.47. The molecule has 1 aromatic heterocycles. The minimum Gasteiger partial charge on any atom is -0.395 e. The third-order valence-corrected chi connectivity index (χ3v) is 4.47. The van der Waals surface area contributed by atoms with E-state index in [1.807, 2.05) is 0 Å². The first-order valence-corrected chi connectivity index (χ1v) is 7.04. The van der Waals surface area contributed by atoms with Crippen molar-refractivity contribution in [3.8, 4) is 0 Å². The van der Waals surface area contributed by atoms with E-state index >= 15 is 0 Å². The maximum absolute atomic E-state index is 12.5. The van der Waals surface area contributed by atoms with Gasteiger partial charge in [0.15, 0.2) is 0 Å². The van der Waals surface area contributed by atoms with Gasteiger partial charge in [-0.1, -0.05) is 13.8 Å². The number of H-pyrrole nitrogens is 1. The summed E-state index contributed by atoms with van der Waals surface area (Å²) >= 11 is 0. The minimum atomic E-state index is -0.00951. The molecule has 2 N–H and O–H groups in total. The number of nitrogens with one attached hydrogen (secondary N) is 1. The quantitative estimate of drug-likeness (QED) is 0.786. The molecular weight excluding hydrogens is 242 g/mol. The number of rotatable bonds is 7. The van der Waals surface area contributed by atoms with Gasteiger partial charge in [-0.15, -0.1) is 0 Å². The van der Waals surface area contributed by atoms with E-state index in [1.54, 1.807) is 17.3 Å². The zero-order valence-electron chi connectivity index (χ0n) is 11.7. The van der Waals surface area contributed by atoms with Crippen molar-refractivity contribution in [2.75, 3.05) is 13.2 Å². The highest BCUT2D eigenvalue weighted by Crippen LogP contribution is 2.58. The molecule has 5 nitrogen and oxygen atoms in total. The van der Waals surface area contributed by atoms with Crippen LogP contribution in [0.2, 0.25) is 0 Å². The Bertz CT molecular complexity index is 412. The third kappa shape index (κ3) is 2.81. The molecule has 1 saturated carbocycles. The first kappa shape index (κ1) is 14.1. The Morgan fingerprint density at radius 2 is 2.32 bits per heavy atom. The van der Waals surface area contributed by atoms with Crippen LogP contribution in [-0.4, -0.2) is 39.0 Å². The van der Waals surface area contributed by atoms with Gasteiger partial charge < -0.3 is 15.0 Å². The Morgan fingerprint density at radius 3 is 2.79 bits per heavy atom. The SMILES string of the molecule is CCC1(CC)CC1C(=O)N(CCO)Cc1ncc[nH]1. The van der Waals surface area contributed by atoms with E-state index in [0.29, 0.717) is 13.1 Å². The van der Waals surface area contributed by atoms with Crippen LogP contribution in [0.3, 0.4) is 0 Å². The number of aromatic nitrogens is 2. The number of carbonyl (C=O) groups is 1. The molecule has 1 aliphatic rings. The van der Waals surface area contributed by atoms with Crippen molar-refractivity contribution in [3.63, 3.8) is 0 Å². The summed E-state index contributed by atoms with van der Waals surface area (Å²) in [6, 6.07) is 0. The molecule has 19 heavy (non-hydrogen) atoms. The van der Waals surface area contributed by atoms with Crippen LogP contribution in [0.5, 0.6) is 0 Å². The van der Waals surface area contributed by atoms with Crippen molar-refractivity contribution in [2.45, 2.75) is 39.7 Å². The molecule has 1 aromatic rings. The number of aliphatic hydroxyl groups excluding tert-OH is 1. The molecule has 1 atom stereocenters. The second kappa shape index (κ2) is 5.74. The lowest BCUT2D eigenvalue weighted by molar-refractivity contribution is -0.134. The van der Waals surface area contributed by atoms with Crippen molar-refractivity contribution >= 4 is 5.91 Å². The second-order valence-electron chi connectivity index (χ2n) is 5.35. The van der Waals surface area contributed by atoms with Crippen LogP contribution < -0.4 is 0 Å². The predicted molar refractivity (Wildman–Crippen MR) is 72.2 cm³/mol. The van der Waals surface area contributed by atoms with E-state index in [4.69, 9.17) is 5.11 Å². The van der Waals surface area contributed by atoms with E-state index in [1.165, 1.54) is 0 Å². The Labute approximate surface area is 114 Å². The summed E-state index contributed by atoms with van der Waals surface area (Å²) in [4.78, 5) is 21.4. The zero-order valence-corrected chi connectivity index (χ0v) is 11.7. The minimum absolute atomic E-state index is 0.00951. The molecule has 5 heteroatoms. The lowest BCUT2D eigenvalue weighted by Crippen LogP contribution is -2.35. The zero-order chi connectivity index (χ0) is 13.9. The molecule has 106 valence electrons. The average molecular weight is 265 g/mol. The molecule has 0 aromatic carbocycles. The number of nitrogens with zero attached hydrogens (tertiary/aromatic N) is 2. The molecule has 1 unspecified atom stereocenters. The van der Waals surface area contributed by atoms with Crippen molar-refractivity contribution in [1.29, 1.82) is 0 Å². The van der Waals surface area contributed by atoms with E-state index in [-0.39, 0.29) is 23.8 Å². The lowest BCUT2D eigenvalue weighted by Gasteiger charge is -2.22. The van der Waals surface area contributed by atoms with Gasteiger partial charge in [0, 0.05) is 24.9 Å². The summed E-state index contributed by atoms with van der Waals surface area (Å²) in [5.74, 6) is 1.05. The fourth-order valence-corrected chi connectivity index (χ4v) is 2.90. The second-order valence-corrected chi connectivity index (χ2v) is 5.35. The Balaban J connectivity index is 2.01. The number of aromatic amines is 1. The van der Waals surface area contributed by atoms with Crippen LogP contribution in [0.25, 0.3) is 0 Å². The van der Waals surface area contributed by atoms with E-state index < -0.39 is 0 Å². The number of carbonyl (C=O) groups excluding carboxylic acids is 1. The number of amides is 1. The summed E-state index contributed by atoms with van der Waals surface area (Å²) in [5, 5.41) is 9.14. The highest BCUT2D eigenvalue weighted by atomic mass is 16.3. The molecule has 1 fully saturated rings. The highest BCUT2D eigenvalue weighted by molar-refractivity contribution is 5.82. The van der Waals surface area contributed by atoms with Crippen LogP contribution in [0.1, 0.15) is 38.9 Å². The van der Waals surface area contributed by atoms with Gasteiger partial charge in [-0.05, 0) is 24.7 Å². The molecule has 1 aliphatic carbocycles. The van der Waals surface area contributed by atoms with Crippen molar-refractivity contribution in [1.82, 2.24) is 14.9 Å². The van der Waals surface area contributed by atoms with Gasteiger partial charge >= 0.3 is 0 Å². The summed E-state index contributed by atoms with van der Waals surface area (Å²) in [6.45, 7) is 5.12. The molecule has 0 radical (unpaired) electrons.